The number of halogens is 2. The van der Waals surface area contributed by atoms with E-state index in [9.17, 15) is 13.2 Å². The molecule has 0 spiro atoms. The van der Waals surface area contributed by atoms with E-state index in [2.05, 4.69) is 15.3 Å². The van der Waals surface area contributed by atoms with E-state index in [0.717, 1.165) is 0 Å². The van der Waals surface area contributed by atoms with Crippen molar-refractivity contribution >= 4 is 44.8 Å². The standard InChI is InChI=1S/C18H13Cl2N3O3S/c19-13-6-4-7-14(20)17(13)27(25,26)11-12-5-3-8-15(22-12)18(24)23-16-9-1-2-10-21-16/h1-10H,11H2,(H,21,23,24). The third-order valence-corrected chi connectivity index (χ3v) is 6.11. The van der Waals surface area contributed by atoms with Crippen LogP contribution in [-0.2, 0) is 15.6 Å². The average Bonchev–Trinajstić information content (AvgIpc) is 2.62. The van der Waals surface area contributed by atoms with Gasteiger partial charge >= 0.3 is 0 Å². The van der Waals surface area contributed by atoms with Gasteiger partial charge in [0.15, 0.2) is 9.84 Å². The fourth-order valence-electron chi connectivity index (χ4n) is 2.35. The van der Waals surface area contributed by atoms with Crippen LogP contribution in [0.1, 0.15) is 16.2 Å². The molecule has 1 N–H and O–H groups in total. The largest absolute Gasteiger partial charge is 0.305 e. The predicted octanol–water partition coefficient (Wildman–Crippen LogP) is 4.01. The first-order chi connectivity index (χ1) is 12.9. The van der Waals surface area contributed by atoms with Crippen LogP contribution >= 0.6 is 23.2 Å². The molecule has 0 aliphatic rings. The Labute approximate surface area is 166 Å². The molecule has 27 heavy (non-hydrogen) atoms. The van der Waals surface area contributed by atoms with E-state index >= 15 is 0 Å². The molecule has 2 heterocycles. The van der Waals surface area contributed by atoms with Gasteiger partial charge in [-0.05, 0) is 36.4 Å². The summed E-state index contributed by atoms with van der Waals surface area (Å²) in [4.78, 5) is 20.3. The number of sulfone groups is 1. The monoisotopic (exact) mass is 421 g/mol. The Balaban J connectivity index is 1.84. The van der Waals surface area contributed by atoms with Gasteiger partial charge in [-0.2, -0.15) is 0 Å². The van der Waals surface area contributed by atoms with Gasteiger partial charge < -0.3 is 5.32 Å². The highest BCUT2D eigenvalue weighted by atomic mass is 35.5. The molecule has 9 heteroatoms. The van der Waals surface area contributed by atoms with E-state index in [-0.39, 0.29) is 26.3 Å². The van der Waals surface area contributed by atoms with Crippen LogP contribution in [0.4, 0.5) is 5.82 Å². The van der Waals surface area contributed by atoms with Crippen LogP contribution in [0.3, 0.4) is 0 Å². The lowest BCUT2D eigenvalue weighted by atomic mass is 10.3. The zero-order chi connectivity index (χ0) is 19.4. The lowest BCUT2D eigenvalue weighted by molar-refractivity contribution is 0.102. The van der Waals surface area contributed by atoms with Crippen molar-refractivity contribution in [1.29, 1.82) is 0 Å². The predicted molar refractivity (Wildman–Crippen MR) is 104 cm³/mol. The van der Waals surface area contributed by atoms with Crippen molar-refractivity contribution in [3.63, 3.8) is 0 Å². The maximum absolute atomic E-state index is 12.7. The number of amides is 1. The Bertz CT molecular complexity index is 1070. The van der Waals surface area contributed by atoms with Crippen molar-refractivity contribution in [1.82, 2.24) is 9.97 Å². The minimum atomic E-state index is -3.85. The van der Waals surface area contributed by atoms with Crippen LogP contribution in [0.5, 0.6) is 0 Å². The van der Waals surface area contributed by atoms with E-state index in [1.165, 1.54) is 24.3 Å². The molecular formula is C18H13Cl2N3O3S. The fourth-order valence-corrected chi connectivity index (χ4v) is 4.88. The quantitative estimate of drug-likeness (QED) is 0.671. The van der Waals surface area contributed by atoms with Crippen LogP contribution in [0, 0.1) is 0 Å². The van der Waals surface area contributed by atoms with Gasteiger partial charge in [-0.1, -0.05) is 41.4 Å². The number of hydrogen-bond donors (Lipinski definition) is 1. The number of anilines is 1. The maximum Gasteiger partial charge on any atom is 0.275 e. The lowest BCUT2D eigenvalue weighted by Gasteiger charge is -2.09. The zero-order valence-electron chi connectivity index (χ0n) is 13.8. The van der Waals surface area contributed by atoms with Crippen LogP contribution in [-0.4, -0.2) is 24.3 Å². The molecule has 3 rings (SSSR count). The summed E-state index contributed by atoms with van der Waals surface area (Å²) < 4.78 is 25.4. The van der Waals surface area contributed by atoms with Crippen molar-refractivity contribution in [2.75, 3.05) is 5.32 Å². The summed E-state index contributed by atoms with van der Waals surface area (Å²) in [6, 6.07) is 14.1. The number of aromatic nitrogens is 2. The van der Waals surface area contributed by atoms with E-state index in [4.69, 9.17) is 23.2 Å². The number of benzene rings is 1. The van der Waals surface area contributed by atoms with Gasteiger partial charge in [0.05, 0.1) is 21.5 Å². The van der Waals surface area contributed by atoms with Crippen molar-refractivity contribution < 1.29 is 13.2 Å². The summed E-state index contributed by atoms with van der Waals surface area (Å²) >= 11 is 12.0. The number of pyridine rings is 2. The Hall–Kier alpha value is -2.48. The number of nitrogens with zero attached hydrogens (tertiary/aromatic N) is 2. The molecule has 0 saturated carbocycles. The fraction of sp³-hybridized carbons (Fsp3) is 0.0556. The first-order valence-electron chi connectivity index (χ1n) is 7.72. The van der Waals surface area contributed by atoms with Crippen molar-refractivity contribution in [3.05, 3.63) is 82.2 Å². The Kier molecular flexibility index (Phi) is 5.74. The third kappa shape index (κ3) is 4.63. The van der Waals surface area contributed by atoms with E-state index in [1.807, 2.05) is 0 Å². The molecule has 3 aromatic rings. The van der Waals surface area contributed by atoms with Crippen LogP contribution in [0.15, 0.2) is 65.7 Å². The first kappa shape index (κ1) is 19.3. The SMILES string of the molecule is O=C(Nc1ccccn1)c1cccc(CS(=O)(=O)c2c(Cl)cccc2Cl)n1. The topological polar surface area (TPSA) is 89.0 Å². The van der Waals surface area contributed by atoms with Crippen molar-refractivity contribution in [3.8, 4) is 0 Å². The number of rotatable bonds is 5. The van der Waals surface area contributed by atoms with Crippen molar-refractivity contribution in [2.24, 2.45) is 0 Å². The summed E-state index contributed by atoms with van der Waals surface area (Å²) in [5, 5.41) is 2.66. The normalized spacial score (nSPS) is 11.2. The molecule has 1 aromatic carbocycles. The number of carbonyl (C=O) groups is 1. The Morgan fingerprint density at radius 3 is 2.33 bits per heavy atom. The molecule has 0 aliphatic carbocycles. The van der Waals surface area contributed by atoms with Gasteiger partial charge in [0.25, 0.3) is 5.91 Å². The zero-order valence-corrected chi connectivity index (χ0v) is 16.1. The second kappa shape index (κ2) is 8.04. The number of carbonyl (C=O) groups excluding carboxylic acids is 1. The van der Waals surface area contributed by atoms with E-state index < -0.39 is 21.5 Å². The van der Waals surface area contributed by atoms with Gasteiger partial charge in [-0.3, -0.25) is 4.79 Å². The van der Waals surface area contributed by atoms with Crippen LogP contribution < -0.4 is 5.32 Å². The molecule has 0 aliphatic heterocycles. The molecule has 0 saturated heterocycles. The second-order valence-electron chi connectivity index (χ2n) is 5.49. The Morgan fingerprint density at radius 2 is 1.67 bits per heavy atom. The molecule has 0 unspecified atom stereocenters. The van der Waals surface area contributed by atoms with Crippen LogP contribution in [0.2, 0.25) is 10.0 Å². The third-order valence-electron chi connectivity index (χ3n) is 3.51. The highest BCUT2D eigenvalue weighted by molar-refractivity contribution is 7.90. The van der Waals surface area contributed by atoms with Gasteiger partial charge in [0.2, 0.25) is 0 Å². The summed E-state index contributed by atoms with van der Waals surface area (Å²) in [5.74, 6) is -0.574. The molecular weight excluding hydrogens is 409 g/mol. The van der Waals surface area contributed by atoms with Gasteiger partial charge in [-0.25, -0.2) is 18.4 Å². The maximum atomic E-state index is 12.7. The summed E-state index contributed by atoms with van der Waals surface area (Å²) in [6.45, 7) is 0. The minimum absolute atomic E-state index is 0.0338. The second-order valence-corrected chi connectivity index (χ2v) is 8.23. The molecule has 0 bridgehead atoms. The summed E-state index contributed by atoms with van der Waals surface area (Å²) in [7, 11) is -3.85. The molecule has 0 radical (unpaired) electrons. The molecule has 2 aromatic heterocycles. The highest BCUT2D eigenvalue weighted by Crippen LogP contribution is 2.31. The van der Waals surface area contributed by atoms with E-state index in [0.29, 0.717) is 5.82 Å². The summed E-state index contributed by atoms with van der Waals surface area (Å²) in [5.41, 5.74) is 0.262. The molecule has 0 atom stereocenters. The summed E-state index contributed by atoms with van der Waals surface area (Å²) in [6.07, 6.45) is 1.54. The minimum Gasteiger partial charge on any atom is -0.305 e. The smallest absolute Gasteiger partial charge is 0.275 e. The van der Waals surface area contributed by atoms with Crippen molar-refractivity contribution in [2.45, 2.75) is 10.6 Å². The van der Waals surface area contributed by atoms with Crippen LogP contribution in [0.25, 0.3) is 0 Å². The highest BCUT2D eigenvalue weighted by Gasteiger charge is 2.23. The Morgan fingerprint density at radius 1 is 0.963 bits per heavy atom. The molecule has 6 nitrogen and oxygen atoms in total. The van der Waals surface area contributed by atoms with Gasteiger partial charge in [0, 0.05) is 6.20 Å². The first-order valence-corrected chi connectivity index (χ1v) is 10.1. The molecule has 0 fully saturated rings. The lowest BCUT2D eigenvalue weighted by Crippen LogP contribution is -2.16. The molecule has 1 amide bonds. The molecule has 138 valence electrons. The number of nitrogens with one attached hydrogen (secondary N) is 1. The number of hydrogen-bond acceptors (Lipinski definition) is 5. The van der Waals surface area contributed by atoms with Gasteiger partial charge in [-0.15, -0.1) is 0 Å². The van der Waals surface area contributed by atoms with E-state index in [1.54, 1.807) is 36.5 Å². The van der Waals surface area contributed by atoms with Gasteiger partial charge in [0.1, 0.15) is 16.4 Å². The average molecular weight is 422 g/mol.